The maximum absolute atomic E-state index is 13.3. The number of hydrogen-bond donors (Lipinski definition) is 12. The van der Waals surface area contributed by atoms with Crippen molar-refractivity contribution >= 4 is 56.6 Å². The molecule has 19 heteroatoms. The minimum atomic E-state index is -1.25. The molecule has 6 atom stereocenters. The minimum absolute atomic E-state index is 0.0356. The molecule has 0 radical (unpaired) electrons. The van der Waals surface area contributed by atoms with E-state index in [-0.39, 0.29) is 69.8 Å². The summed E-state index contributed by atoms with van der Waals surface area (Å²) in [4.78, 5) is 53.2. The number of anilines is 2. The number of carbonyl (C=O) groups excluding carboxylic acids is 4. The maximum Gasteiger partial charge on any atom is 0.251 e. The number of hydrogen-bond acceptors (Lipinski definition) is 15. The Morgan fingerprint density at radius 1 is 0.695 bits per heavy atom. The summed E-state index contributed by atoms with van der Waals surface area (Å²) in [5.74, 6) is -0.191. The van der Waals surface area contributed by atoms with Gasteiger partial charge in [0.15, 0.2) is 0 Å². The maximum atomic E-state index is 13.3. The van der Waals surface area contributed by atoms with Gasteiger partial charge in [-0.2, -0.15) is 0 Å². The molecule has 0 saturated carbocycles. The van der Waals surface area contributed by atoms with Gasteiger partial charge in [0.2, 0.25) is 11.8 Å². The molecular formula is C40H62N6O11S2. The van der Waals surface area contributed by atoms with Crippen LogP contribution in [0.25, 0.3) is 0 Å². The van der Waals surface area contributed by atoms with Crippen LogP contribution in [0.4, 0.5) is 11.4 Å². The highest BCUT2D eigenvalue weighted by Crippen LogP contribution is 2.39. The normalized spacial score (nSPS) is 16.3. The Bertz CT molecular complexity index is 1540. The first-order chi connectivity index (χ1) is 28.4. The van der Waals surface area contributed by atoms with Crippen molar-refractivity contribution in [2.75, 3.05) is 75.4 Å². The molecule has 1 heterocycles. The quantitative estimate of drug-likeness (QED) is 0.0387. The van der Waals surface area contributed by atoms with Crippen molar-refractivity contribution in [3.8, 4) is 0 Å². The number of aliphatic hydroxyl groups is 7. The second kappa shape index (κ2) is 28.0. The van der Waals surface area contributed by atoms with E-state index in [9.17, 15) is 44.7 Å². The molecule has 0 aromatic heterocycles. The molecular weight excluding hydrogens is 805 g/mol. The summed E-state index contributed by atoms with van der Waals surface area (Å²) in [5.41, 5.74) is 2.01. The van der Waals surface area contributed by atoms with E-state index < -0.39 is 49.6 Å². The Kier molecular flexibility index (Phi) is 23.6. The first-order valence-corrected chi connectivity index (χ1v) is 22.5. The fourth-order valence-corrected chi connectivity index (χ4v) is 9.04. The number of aliphatic hydroxyl groups excluding tert-OH is 7. The van der Waals surface area contributed by atoms with Gasteiger partial charge in [-0.1, -0.05) is 28.0 Å². The van der Waals surface area contributed by atoms with Gasteiger partial charge in [0.1, 0.15) is 0 Å². The molecule has 0 aliphatic carbocycles. The van der Waals surface area contributed by atoms with E-state index in [1.807, 2.05) is 21.6 Å². The molecule has 6 unspecified atom stereocenters. The van der Waals surface area contributed by atoms with Crippen molar-refractivity contribution in [2.24, 2.45) is 0 Å². The zero-order valence-corrected chi connectivity index (χ0v) is 35.0. The van der Waals surface area contributed by atoms with Crippen LogP contribution in [0.1, 0.15) is 72.1 Å². The van der Waals surface area contributed by atoms with E-state index in [0.717, 1.165) is 30.7 Å². The molecule has 3 rings (SSSR count). The average molecular weight is 867 g/mol. The van der Waals surface area contributed by atoms with Gasteiger partial charge >= 0.3 is 0 Å². The van der Waals surface area contributed by atoms with E-state index in [1.165, 1.54) is 11.3 Å². The standard InChI is InChI=1S/C40H62N6O11S2/c47-25-32(50)21-31(49)13-15-41-29-9-5-27(6-10-29)39(56)42-16-18-46(38(55)24-45-37(54)4-2-1-3-34-14-20-58-59-34)19-17-43-40(57)28-7-11-30(12-8-28)44-23-36(53)35(52)22-33(51)26-48/h5-12,31-36,41,44,47-53H,1-4,13-26H2,(H,42,56)(H,43,57)(H,45,54). The van der Waals surface area contributed by atoms with Crippen molar-refractivity contribution in [3.05, 3.63) is 59.7 Å². The lowest BCUT2D eigenvalue weighted by Gasteiger charge is -2.23. The van der Waals surface area contributed by atoms with Gasteiger partial charge in [-0.25, -0.2) is 0 Å². The highest BCUT2D eigenvalue weighted by Gasteiger charge is 2.21. The second-order valence-electron chi connectivity index (χ2n) is 14.4. The van der Waals surface area contributed by atoms with Gasteiger partial charge in [0.05, 0.1) is 50.3 Å². The van der Waals surface area contributed by atoms with Gasteiger partial charge in [-0.3, -0.25) is 19.2 Å². The Labute approximate surface area is 353 Å². The molecule has 4 amide bonds. The van der Waals surface area contributed by atoms with Crippen LogP contribution in [0.5, 0.6) is 0 Å². The molecule has 59 heavy (non-hydrogen) atoms. The van der Waals surface area contributed by atoms with Crippen LogP contribution in [-0.4, -0.2) is 165 Å². The zero-order chi connectivity index (χ0) is 43.0. The van der Waals surface area contributed by atoms with Crippen LogP contribution in [0.3, 0.4) is 0 Å². The van der Waals surface area contributed by atoms with E-state index in [2.05, 4.69) is 26.6 Å². The van der Waals surface area contributed by atoms with Gasteiger partial charge in [-0.15, -0.1) is 0 Å². The first-order valence-electron chi connectivity index (χ1n) is 20.1. The third kappa shape index (κ3) is 20.0. The molecule has 330 valence electrons. The summed E-state index contributed by atoms with van der Waals surface area (Å²) in [6.45, 7) is -0.397. The fourth-order valence-electron chi connectivity index (χ4n) is 6.01. The predicted octanol–water partition coefficient (Wildman–Crippen LogP) is 0.289. The Morgan fingerprint density at radius 2 is 1.27 bits per heavy atom. The highest BCUT2D eigenvalue weighted by atomic mass is 33.1. The second-order valence-corrected chi connectivity index (χ2v) is 17.2. The van der Waals surface area contributed by atoms with Crippen LogP contribution in [-0.2, 0) is 9.59 Å². The lowest BCUT2D eigenvalue weighted by Crippen LogP contribution is -2.46. The van der Waals surface area contributed by atoms with Crippen molar-refractivity contribution in [3.63, 3.8) is 0 Å². The van der Waals surface area contributed by atoms with E-state index >= 15 is 0 Å². The van der Waals surface area contributed by atoms with E-state index in [4.69, 9.17) is 10.2 Å². The van der Waals surface area contributed by atoms with E-state index in [0.29, 0.717) is 41.5 Å². The molecule has 2 aromatic carbocycles. The molecule has 0 bridgehead atoms. The third-order valence-corrected chi connectivity index (χ3v) is 12.6. The summed E-state index contributed by atoms with van der Waals surface area (Å²) in [7, 11) is 3.79. The largest absolute Gasteiger partial charge is 0.394 e. The van der Waals surface area contributed by atoms with Gasteiger partial charge in [0.25, 0.3) is 11.8 Å². The Morgan fingerprint density at radius 3 is 1.83 bits per heavy atom. The lowest BCUT2D eigenvalue weighted by molar-refractivity contribution is -0.132. The number of nitrogens with one attached hydrogen (secondary N) is 5. The van der Waals surface area contributed by atoms with Crippen LogP contribution in [0, 0.1) is 0 Å². The molecule has 1 saturated heterocycles. The molecule has 17 nitrogen and oxygen atoms in total. The molecule has 1 aliphatic heterocycles. The summed E-state index contributed by atoms with van der Waals surface area (Å²) < 4.78 is 0. The molecule has 1 aliphatic rings. The monoisotopic (exact) mass is 866 g/mol. The van der Waals surface area contributed by atoms with Crippen molar-refractivity contribution in [1.29, 1.82) is 0 Å². The van der Waals surface area contributed by atoms with Crippen molar-refractivity contribution in [1.82, 2.24) is 20.9 Å². The number of carbonyl (C=O) groups is 4. The highest BCUT2D eigenvalue weighted by molar-refractivity contribution is 8.77. The zero-order valence-electron chi connectivity index (χ0n) is 33.3. The number of unbranched alkanes of at least 4 members (excludes halogenated alkanes) is 1. The summed E-state index contributed by atoms with van der Waals surface area (Å²) in [6, 6.07) is 13.1. The van der Waals surface area contributed by atoms with E-state index in [1.54, 1.807) is 48.5 Å². The summed E-state index contributed by atoms with van der Waals surface area (Å²) >= 11 is 0. The Hall–Kier alpha value is -3.66. The van der Waals surface area contributed by atoms with Gasteiger partial charge in [-0.05, 0) is 74.2 Å². The third-order valence-electron chi connectivity index (χ3n) is 9.57. The average Bonchev–Trinajstić information content (AvgIpc) is 3.76. The summed E-state index contributed by atoms with van der Waals surface area (Å²) in [5, 5.41) is 81.9. The van der Waals surface area contributed by atoms with Crippen molar-refractivity contribution in [2.45, 2.75) is 87.1 Å². The Balaban J connectivity index is 1.48. The molecule has 1 fully saturated rings. The van der Waals surface area contributed by atoms with Crippen LogP contribution >= 0.6 is 21.6 Å². The topological polar surface area (TPSA) is 273 Å². The lowest BCUT2D eigenvalue weighted by atomic mass is 10.1. The van der Waals surface area contributed by atoms with Gasteiger partial charge in [0, 0.05) is 92.0 Å². The number of rotatable bonds is 29. The van der Waals surface area contributed by atoms with Crippen molar-refractivity contribution < 1.29 is 54.9 Å². The number of amides is 4. The first kappa shape index (κ1) is 49.7. The predicted molar refractivity (Wildman–Crippen MR) is 229 cm³/mol. The van der Waals surface area contributed by atoms with Gasteiger partial charge < -0.3 is 67.2 Å². The molecule has 0 spiro atoms. The summed E-state index contributed by atoms with van der Waals surface area (Å²) in [6.07, 6.45) is -0.858. The smallest absolute Gasteiger partial charge is 0.251 e. The number of nitrogens with zero attached hydrogens (tertiary/aromatic N) is 1. The molecule has 12 N–H and O–H groups in total. The molecule has 2 aromatic rings. The van der Waals surface area contributed by atoms with Crippen LogP contribution in [0.2, 0.25) is 0 Å². The minimum Gasteiger partial charge on any atom is -0.394 e. The number of benzene rings is 2. The van der Waals surface area contributed by atoms with Crippen LogP contribution < -0.4 is 26.6 Å². The van der Waals surface area contributed by atoms with Crippen LogP contribution in [0.15, 0.2) is 48.5 Å². The SMILES string of the molecule is O=C(CCCCC1CCSS1)NCC(=O)N(CCNC(=O)c1ccc(NCCC(O)CC(O)CO)cc1)CCNC(=O)c1ccc(NCC(O)C(O)CC(O)CO)cc1. The fraction of sp³-hybridized carbons (Fsp3) is 0.600.